The molecule has 2 nitrogen and oxygen atoms in total. The highest BCUT2D eigenvalue weighted by Gasteiger charge is 2.14. The summed E-state index contributed by atoms with van der Waals surface area (Å²) < 4.78 is 6.01. The number of fused-ring (bicyclic) bond motifs is 1. The molecule has 1 heterocycles. The quantitative estimate of drug-likeness (QED) is 0.658. The molecule has 2 heteroatoms. The highest BCUT2D eigenvalue weighted by Crippen LogP contribution is 2.25. The van der Waals surface area contributed by atoms with E-state index in [1.165, 1.54) is 56.1 Å². The summed E-state index contributed by atoms with van der Waals surface area (Å²) in [5.41, 5.74) is 0. The van der Waals surface area contributed by atoms with Gasteiger partial charge in [-0.15, -0.1) is 0 Å². The van der Waals surface area contributed by atoms with E-state index in [9.17, 15) is 0 Å². The molecule has 0 N–H and O–H groups in total. The van der Waals surface area contributed by atoms with Gasteiger partial charge < -0.3 is 9.64 Å². The predicted octanol–water partition coefficient (Wildman–Crippen LogP) is 5.12. The Hall–Kier alpha value is -1.54. The predicted molar refractivity (Wildman–Crippen MR) is 98.1 cm³/mol. The van der Waals surface area contributed by atoms with Crippen LogP contribution in [-0.4, -0.2) is 31.1 Å². The van der Waals surface area contributed by atoms with Crippen molar-refractivity contribution in [1.29, 1.82) is 0 Å². The molecular weight excluding hydrogens is 282 g/mol. The van der Waals surface area contributed by atoms with Gasteiger partial charge in [0.25, 0.3) is 0 Å². The number of ether oxygens (including phenoxy) is 1. The monoisotopic (exact) mass is 311 g/mol. The fourth-order valence-corrected chi connectivity index (χ4v) is 3.40. The molecule has 1 fully saturated rings. The molecule has 0 saturated carbocycles. The molecule has 2 aromatic carbocycles. The van der Waals surface area contributed by atoms with E-state index >= 15 is 0 Å². The van der Waals surface area contributed by atoms with E-state index in [2.05, 4.69) is 54.3 Å². The van der Waals surface area contributed by atoms with Gasteiger partial charge in [-0.3, -0.25) is 0 Å². The van der Waals surface area contributed by atoms with Crippen LogP contribution in [0.15, 0.2) is 42.5 Å². The fraction of sp³-hybridized carbons (Fsp3) is 0.524. The highest BCUT2D eigenvalue weighted by atomic mass is 16.5. The number of hydrogen-bond donors (Lipinski definition) is 0. The Morgan fingerprint density at radius 1 is 0.957 bits per heavy atom. The summed E-state index contributed by atoms with van der Waals surface area (Å²) in [6.45, 7) is 7.06. The van der Waals surface area contributed by atoms with E-state index in [0.717, 1.165) is 24.7 Å². The molecule has 23 heavy (non-hydrogen) atoms. The van der Waals surface area contributed by atoms with Gasteiger partial charge >= 0.3 is 0 Å². The van der Waals surface area contributed by atoms with Crippen molar-refractivity contribution in [2.45, 2.75) is 39.0 Å². The van der Waals surface area contributed by atoms with Crippen molar-refractivity contribution in [3.8, 4) is 5.75 Å². The smallest absolute Gasteiger partial charge is 0.127 e. The third-order valence-electron chi connectivity index (χ3n) is 5.00. The van der Waals surface area contributed by atoms with Gasteiger partial charge in [-0.2, -0.15) is 0 Å². The van der Waals surface area contributed by atoms with Crippen LogP contribution < -0.4 is 4.74 Å². The Morgan fingerprint density at radius 3 is 2.61 bits per heavy atom. The first kappa shape index (κ1) is 16.3. The van der Waals surface area contributed by atoms with Gasteiger partial charge in [-0.25, -0.2) is 0 Å². The van der Waals surface area contributed by atoms with E-state index in [-0.39, 0.29) is 0 Å². The average Bonchev–Trinajstić information content (AvgIpc) is 2.59. The Bertz CT molecular complexity index is 596. The first-order valence-electron chi connectivity index (χ1n) is 9.16. The molecule has 1 aliphatic heterocycles. The number of rotatable bonds is 7. The van der Waals surface area contributed by atoms with Crippen LogP contribution in [0.25, 0.3) is 10.8 Å². The topological polar surface area (TPSA) is 12.5 Å². The lowest BCUT2D eigenvalue weighted by Gasteiger charge is -2.30. The van der Waals surface area contributed by atoms with Crippen molar-refractivity contribution in [3.63, 3.8) is 0 Å². The number of nitrogens with zero attached hydrogens (tertiary/aromatic N) is 1. The van der Waals surface area contributed by atoms with Gasteiger partial charge in [0.1, 0.15) is 5.75 Å². The maximum absolute atomic E-state index is 6.01. The summed E-state index contributed by atoms with van der Waals surface area (Å²) in [4.78, 5) is 2.63. The zero-order chi connectivity index (χ0) is 15.9. The number of likely N-dealkylation sites (tertiary alicyclic amines) is 1. The highest BCUT2D eigenvalue weighted by molar-refractivity contribution is 5.88. The van der Waals surface area contributed by atoms with Crippen molar-refractivity contribution >= 4 is 10.8 Å². The number of piperidine rings is 1. The molecule has 0 amide bonds. The average molecular weight is 311 g/mol. The molecule has 0 aliphatic carbocycles. The van der Waals surface area contributed by atoms with Crippen molar-refractivity contribution in [2.75, 3.05) is 26.2 Å². The zero-order valence-corrected chi connectivity index (χ0v) is 14.3. The molecule has 0 spiro atoms. The Morgan fingerprint density at radius 2 is 1.74 bits per heavy atom. The van der Waals surface area contributed by atoms with E-state index < -0.39 is 0 Å². The van der Waals surface area contributed by atoms with Gasteiger partial charge in [0.05, 0.1) is 6.61 Å². The van der Waals surface area contributed by atoms with Gasteiger partial charge in [-0.1, -0.05) is 43.3 Å². The standard InChI is InChI=1S/C21H29NO/c1-18-12-15-22(16-13-18)14-5-2-6-17-23-21-11-7-9-19-8-3-4-10-20(19)21/h3-4,7-11,18H,2,5-6,12-17H2,1H3. The molecule has 1 aliphatic rings. The first-order chi connectivity index (χ1) is 11.3. The lowest BCUT2D eigenvalue weighted by Crippen LogP contribution is -2.33. The largest absolute Gasteiger partial charge is 0.493 e. The third-order valence-corrected chi connectivity index (χ3v) is 5.00. The lowest BCUT2D eigenvalue weighted by molar-refractivity contribution is 0.187. The van der Waals surface area contributed by atoms with Gasteiger partial charge in [0.2, 0.25) is 0 Å². The first-order valence-corrected chi connectivity index (χ1v) is 9.16. The molecule has 2 aromatic rings. The van der Waals surface area contributed by atoms with Crippen LogP contribution in [0.2, 0.25) is 0 Å². The van der Waals surface area contributed by atoms with E-state index in [0.29, 0.717) is 0 Å². The molecule has 0 aromatic heterocycles. The lowest BCUT2D eigenvalue weighted by atomic mass is 9.99. The summed E-state index contributed by atoms with van der Waals surface area (Å²) in [6.07, 6.45) is 6.46. The van der Waals surface area contributed by atoms with Crippen LogP contribution in [-0.2, 0) is 0 Å². The van der Waals surface area contributed by atoms with Gasteiger partial charge in [0.15, 0.2) is 0 Å². The summed E-state index contributed by atoms with van der Waals surface area (Å²) in [5, 5.41) is 2.47. The third kappa shape index (κ3) is 4.71. The molecular formula is C21H29NO. The second-order valence-electron chi connectivity index (χ2n) is 6.91. The molecule has 0 atom stereocenters. The summed E-state index contributed by atoms with van der Waals surface area (Å²) in [6, 6.07) is 14.7. The second-order valence-corrected chi connectivity index (χ2v) is 6.91. The van der Waals surface area contributed by atoms with Crippen molar-refractivity contribution in [2.24, 2.45) is 5.92 Å². The van der Waals surface area contributed by atoms with Crippen molar-refractivity contribution < 1.29 is 4.74 Å². The molecule has 3 rings (SSSR count). The molecule has 124 valence electrons. The van der Waals surface area contributed by atoms with Gasteiger partial charge in [0, 0.05) is 5.39 Å². The van der Waals surface area contributed by atoms with Crippen LogP contribution in [0.5, 0.6) is 5.75 Å². The van der Waals surface area contributed by atoms with Crippen LogP contribution in [0, 0.1) is 5.92 Å². The second kappa shape index (κ2) is 8.35. The summed E-state index contributed by atoms with van der Waals surface area (Å²) >= 11 is 0. The van der Waals surface area contributed by atoms with E-state index in [1.54, 1.807) is 0 Å². The SMILES string of the molecule is CC1CCN(CCCCCOc2cccc3ccccc23)CC1. The van der Waals surface area contributed by atoms with Crippen molar-refractivity contribution in [3.05, 3.63) is 42.5 Å². The minimum absolute atomic E-state index is 0.824. The summed E-state index contributed by atoms with van der Waals surface area (Å²) in [7, 11) is 0. The van der Waals surface area contributed by atoms with Crippen LogP contribution >= 0.6 is 0 Å². The molecule has 0 unspecified atom stereocenters. The molecule has 0 radical (unpaired) electrons. The minimum Gasteiger partial charge on any atom is -0.493 e. The minimum atomic E-state index is 0.824. The van der Waals surface area contributed by atoms with Gasteiger partial charge in [-0.05, 0) is 69.1 Å². The Balaban J connectivity index is 1.35. The maximum atomic E-state index is 6.01. The summed E-state index contributed by atoms with van der Waals surface area (Å²) in [5.74, 6) is 1.95. The number of unbranched alkanes of at least 4 members (excludes halogenated alkanes) is 2. The zero-order valence-electron chi connectivity index (χ0n) is 14.3. The number of benzene rings is 2. The fourth-order valence-electron chi connectivity index (χ4n) is 3.40. The Labute approximate surface area is 140 Å². The van der Waals surface area contributed by atoms with E-state index in [4.69, 9.17) is 4.74 Å². The number of hydrogen-bond acceptors (Lipinski definition) is 2. The molecule has 1 saturated heterocycles. The van der Waals surface area contributed by atoms with Crippen molar-refractivity contribution in [1.82, 2.24) is 4.90 Å². The maximum Gasteiger partial charge on any atom is 0.127 e. The normalized spacial score (nSPS) is 16.7. The van der Waals surface area contributed by atoms with E-state index in [1.807, 2.05) is 0 Å². The molecule has 0 bridgehead atoms. The van der Waals surface area contributed by atoms with Crippen LogP contribution in [0.4, 0.5) is 0 Å². The van der Waals surface area contributed by atoms with Crippen LogP contribution in [0.1, 0.15) is 39.0 Å². The van der Waals surface area contributed by atoms with Crippen LogP contribution in [0.3, 0.4) is 0 Å². The Kier molecular flexibility index (Phi) is 5.93.